The van der Waals surface area contributed by atoms with Crippen LogP contribution in [0.25, 0.3) is 0 Å². The van der Waals surface area contributed by atoms with Gasteiger partial charge in [0.05, 0.1) is 25.3 Å². The third kappa shape index (κ3) is 8.09. The molecule has 2 aliphatic heterocycles. The minimum Gasteiger partial charge on any atom is -0.378 e. The van der Waals surface area contributed by atoms with Crippen LogP contribution in [0.5, 0.6) is 0 Å². The van der Waals surface area contributed by atoms with Gasteiger partial charge in [-0.3, -0.25) is 33.7 Å². The summed E-state index contributed by atoms with van der Waals surface area (Å²) < 4.78 is 5.74. The number of fused-ring (bicyclic) bond motifs is 1. The number of ether oxygens (including phenoxy) is 1. The fourth-order valence-corrected chi connectivity index (χ4v) is 12.0. The first kappa shape index (κ1) is 43.1. The van der Waals surface area contributed by atoms with Crippen molar-refractivity contribution in [3.63, 3.8) is 0 Å². The Labute approximate surface area is 336 Å². The minimum atomic E-state index is -0.707. The highest BCUT2D eigenvalue weighted by atomic mass is 16.5. The number of Topliss-reactive ketones (excluding diaryl/α,β-unsaturated/α-hetero) is 4. The van der Waals surface area contributed by atoms with E-state index in [1.54, 1.807) is 0 Å². The lowest BCUT2D eigenvalue weighted by atomic mass is 9.73. The summed E-state index contributed by atoms with van der Waals surface area (Å²) in [6, 6.07) is -1.74. The van der Waals surface area contributed by atoms with Crippen molar-refractivity contribution in [3.8, 4) is 0 Å². The lowest BCUT2D eigenvalue weighted by molar-refractivity contribution is -0.147. The van der Waals surface area contributed by atoms with Crippen LogP contribution in [-0.4, -0.2) is 95.2 Å². The maximum absolute atomic E-state index is 15.2. The number of nitrogens with zero attached hydrogens (tertiary/aromatic N) is 2. The summed E-state index contributed by atoms with van der Waals surface area (Å²) in [6.07, 6.45) is 12.0. The van der Waals surface area contributed by atoms with E-state index >= 15 is 4.79 Å². The molecule has 0 unspecified atom stereocenters. The molecule has 4 aliphatic carbocycles. The quantitative estimate of drug-likeness (QED) is 0.158. The van der Waals surface area contributed by atoms with Crippen LogP contribution < -0.4 is 5.32 Å². The summed E-state index contributed by atoms with van der Waals surface area (Å²) >= 11 is 0. The fourth-order valence-electron chi connectivity index (χ4n) is 12.0. The second-order valence-corrected chi connectivity index (χ2v) is 20.8. The number of rotatable bonds is 17. The number of hydrogen-bond donors (Lipinski definition) is 1. The Kier molecular flexibility index (Phi) is 12.8. The first-order chi connectivity index (χ1) is 26.4. The SMILES string of the molecule is CCC[C@H](CC(=O)[C@@H]1C[C@@]2(CN1C(=O)[C@@H](CC(=O)[C@@H](NC(=O)[C@@H]1COCCN1C(C)C)C1CCCCC1)C(C)(C)C)C(C)(C)C21CCC1)C(=O)C(=O)CC1CC1. The summed E-state index contributed by atoms with van der Waals surface area (Å²) in [5.41, 5.74) is -0.759. The highest BCUT2D eigenvalue weighted by Gasteiger charge is 2.85. The van der Waals surface area contributed by atoms with Gasteiger partial charge in [0.25, 0.3) is 0 Å². The van der Waals surface area contributed by atoms with Crippen molar-refractivity contribution in [2.24, 2.45) is 45.3 Å². The van der Waals surface area contributed by atoms with Gasteiger partial charge in [0, 0.05) is 55.6 Å². The molecule has 10 nitrogen and oxygen atoms in total. The molecule has 2 spiro atoms. The van der Waals surface area contributed by atoms with Crippen molar-refractivity contribution in [2.75, 3.05) is 26.3 Å². The van der Waals surface area contributed by atoms with Gasteiger partial charge in [0.15, 0.2) is 17.3 Å². The molecular formula is C46H73N3O7. The normalized spacial score (nSPS) is 29.1. The number of carbonyl (C=O) groups is 6. The molecule has 0 aromatic heterocycles. The molecule has 6 fully saturated rings. The van der Waals surface area contributed by atoms with Crippen LogP contribution in [-0.2, 0) is 33.5 Å². The van der Waals surface area contributed by atoms with Gasteiger partial charge in [-0.15, -0.1) is 0 Å². The molecule has 6 rings (SSSR count). The Bertz CT molecular complexity index is 1520. The molecule has 56 heavy (non-hydrogen) atoms. The first-order valence-corrected chi connectivity index (χ1v) is 22.5. The highest BCUT2D eigenvalue weighted by molar-refractivity contribution is 6.38. The van der Waals surface area contributed by atoms with Crippen LogP contribution >= 0.6 is 0 Å². The Morgan fingerprint density at radius 1 is 0.875 bits per heavy atom. The molecule has 6 aliphatic rings. The van der Waals surface area contributed by atoms with Gasteiger partial charge in [0.2, 0.25) is 17.6 Å². The van der Waals surface area contributed by atoms with Gasteiger partial charge in [-0.05, 0) is 93.3 Å². The molecule has 6 atom stereocenters. The van der Waals surface area contributed by atoms with E-state index in [1.165, 1.54) is 0 Å². The molecular weight excluding hydrogens is 707 g/mol. The van der Waals surface area contributed by atoms with E-state index in [2.05, 4.69) is 37.9 Å². The first-order valence-electron chi connectivity index (χ1n) is 22.5. The maximum atomic E-state index is 15.2. The molecule has 2 amide bonds. The van der Waals surface area contributed by atoms with E-state index in [9.17, 15) is 24.0 Å². The average molecular weight is 780 g/mol. The topological polar surface area (TPSA) is 130 Å². The van der Waals surface area contributed by atoms with Crippen molar-refractivity contribution in [3.05, 3.63) is 0 Å². The summed E-state index contributed by atoms with van der Waals surface area (Å²) in [4.78, 5) is 89.0. The molecule has 0 aromatic rings. The second kappa shape index (κ2) is 16.7. The monoisotopic (exact) mass is 780 g/mol. The summed E-state index contributed by atoms with van der Waals surface area (Å²) in [7, 11) is 0. The van der Waals surface area contributed by atoms with Gasteiger partial charge in [0.1, 0.15) is 6.04 Å². The van der Waals surface area contributed by atoms with E-state index in [0.29, 0.717) is 44.9 Å². The van der Waals surface area contributed by atoms with Crippen LogP contribution in [0.1, 0.15) is 158 Å². The second-order valence-electron chi connectivity index (χ2n) is 20.8. The van der Waals surface area contributed by atoms with Crippen LogP contribution in [0.15, 0.2) is 0 Å². The molecule has 10 heteroatoms. The number of nitrogens with one attached hydrogen (secondary N) is 1. The van der Waals surface area contributed by atoms with Crippen molar-refractivity contribution in [2.45, 2.75) is 182 Å². The molecule has 2 heterocycles. The third-order valence-corrected chi connectivity index (χ3v) is 16.0. The van der Waals surface area contributed by atoms with E-state index in [0.717, 1.165) is 64.2 Å². The van der Waals surface area contributed by atoms with Crippen molar-refractivity contribution in [1.82, 2.24) is 15.1 Å². The number of hydrogen-bond acceptors (Lipinski definition) is 8. The molecule has 1 N–H and O–H groups in total. The molecule has 0 bridgehead atoms. The van der Waals surface area contributed by atoms with E-state index < -0.39 is 41.2 Å². The largest absolute Gasteiger partial charge is 0.378 e. The predicted octanol–water partition coefficient (Wildman–Crippen LogP) is 6.89. The zero-order valence-corrected chi connectivity index (χ0v) is 36.0. The number of ketones is 4. The standard InChI is InChI=1S/C46H73N3O7/c1-9-14-32(40(53)38(52)23-30-17-18-30)24-36(50)34-26-46(44(7,8)45(46)19-13-20-45)28-49(34)42(55)33(43(4,5)6)25-37(51)39(31-15-11-10-12-16-31)47-41(54)35-27-56-22-21-48(35)29(2)3/h29-35,39H,9-28H2,1-8H3,(H,47,54)/t32-,33-,34+,35+,39+,46-/m1/s1. The zero-order valence-electron chi connectivity index (χ0n) is 36.0. The molecule has 0 radical (unpaired) electrons. The van der Waals surface area contributed by atoms with Crippen molar-refractivity contribution in [1.29, 1.82) is 0 Å². The Hall–Kier alpha value is -2.46. The van der Waals surface area contributed by atoms with Gasteiger partial charge < -0.3 is 15.0 Å². The maximum Gasteiger partial charge on any atom is 0.240 e. The van der Waals surface area contributed by atoms with Crippen LogP contribution in [0.4, 0.5) is 0 Å². The summed E-state index contributed by atoms with van der Waals surface area (Å²) in [5, 5.41) is 3.21. The lowest BCUT2D eigenvalue weighted by Crippen LogP contribution is -2.59. The van der Waals surface area contributed by atoms with E-state index in [1.807, 2.05) is 32.6 Å². The number of likely N-dealkylation sites (tertiary alicyclic amines) is 1. The van der Waals surface area contributed by atoms with Gasteiger partial charge in [-0.1, -0.05) is 73.6 Å². The Morgan fingerprint density at radius 2 is 1.55 bits per heavy atom. The minimum absolute atomic E-state index is 0.00119. The van der Waals surface area contributed by atoms with E-state index in [-0.39, 0.29) is 83.2 Å². The molecule has 0 aromatic carbocycles. The molecule has 314 valence electrons. The number of carbonyl (C=O) groups excluding carboxylic acids is 6. The van der Waals surface area contributed by atoms with Gasteiger partial charge in [-0.25, -0.2) is 0 Å². The predicted molar refractivity (Wildman–Crippen MR) is 216 cm³/mol. The molecule has 2 saturated heterocycles. The summed E-state index contributed by atoms with van der Waals surface area (Å²) in [5.74, 6) is -2.49. The van der Waals surface area contributed by atoms with Crippen LogP contribution in [0.3, 0.4) is 0 Å². The van der Waals surface area contributed by atoms with Crippen molar-refractivity contribution >= 4 is 34.9 Å². The van der Waals surface area contributed by atoms with Gasteiger partial charge >= 0.3 is 0 Å². The van der Waals surface area contributed by atoms with Gasteiger partial charge in [-0.2, -0.15) is 0 Å². The zero-order chi connectivity index (χ0) is 40.8. The van der Waals surface area contributed by atoms with Crippen LogP contribution in [0.2, 0.25) is 0 Å². The molecule has 4 saturated carbocycles. The Morgan fingerprint density at radius 3 is 2.11 bits per heavy atom. The smallest absolute Gasteiger partial charge is 0.240 e. The van der Waals surface area contributed by atoms with Crippen LogP contribution in [0, 0.1) is 45.3 Å². The highest BCUT2D eigenvalue weighted by Crippen LogP contribution is 2.88. The third-order valence-electron chi connectivity index (χ3n) is 16.0. The van der Waals surface area contributed by atoms with Crippen molar-refractivity contribution < 1.29 is 33.5 Å². The fraction of sp³-hybridized carbons (Fsp3) is 0.870. The van der Waals surface area contributed by atoms with E-state index in [4.69, 9.17) is 4.74 Å². The Balaban J connectivity index is 1.26. The average Bonchev–Trinajstić information content (AvgIpc) is 3.96. The summed E-state index contributed by atoms with van der Waals surface area (Å²) in [6.45, 7) is 18.7. The lowest BCUT2D eigenvalue weighted by Gasteiger charge is -2.39. The number of amides is 2. The number of morpholine rings is 1.